The summed E-state index contributed by atoms with van der Waals surface area (Å²) in [6, 6.07) is 6.05. The Bertz CT molecular complexity index is 899. The molecule has 0 amide bonds. The van der Waals surface area contributed by atoms with Gasteiger partial charge in [0, 0.05) is 30.6 Å². The molecule has 1 fully saturated rings. The summed E-state index contributed by atoms with van der Waals surface area (Å²) >= 11 is 1.70. The highest BCUT2D eigenvalue weighted by Gasteiger charge is 2.24. The second kappa shape index (κ2) is 6.85. The molecule has 2 aliphatic heterocycles. The maximum absolute atomic E-state index is 12.0. The monoisotopic (exact) mass is 391 g/mol. The summed E-state index contributed by atoms with van der Waals surface area (Å²) in [6.45, 7) is 5.06. The predicted molar refractivity (Wildman–Crippen MR) is 109 cm³/mol. The van der Waals surface area contributed by atoms with Gasteiger partial charge in [0.2, 0.25) is 10.0 Å². The second-order valence-electron chi connectivity index (χ2n) is 7.47. The minimum Gasteiger partial charge on any atom is -0.348 e. The lowest BCUT2D eigenvalue weighted by molar-refractivity contribution is 0.438. The number of aryl methyl sites for hydroxylation is 1. The van der Waals surface area contributed by atoms with Gasteiger partial charge in [0.05, 0.1) is 17.6 Å². The van der Waals surface area contributed by atoms with Crippen molar-refractivity contribution in [2.24, 2.45) is 5.92 Å². The first kappa shape index (κ1) is 17.8. The number of benzene rings is 1. The van der Waals surface area contributed by atoms with Crippen LogP contribution in [0.5, 0.6) is 0 Å². The van der Waals surface area contributed by atoms with Gasteiger partial charge in [0.15, 0.2) is 5.13 Å². The van der Waals surface area contributed by atoms with E-state index in [2.05, 4.69) is 23.3 Å². The Kier molecular flexibility index (Phi) is 4.69. The van der Waals surface area contributed by atoms with E-state index in [9.17, 15) is 8.42 Å². The number of fused-ring (bicyclic) bond motifs is 1. The molecule has 1 saturated heterocycles. The third kappa shape index (κ3) is 3.47. The molecule has 0 spiro atoms. The molecule has 7 heteroatoms. The number of hydrogen-bond donors (Lipinski definition) is 0. The fourth-order valence-electron chi connectivity index (χ4n) is 3.81. The lowest BCUT2D eigenvalue weighted by Gasteiger charge is -2.30. The maximum atomic E-state index is 12.0. The molecule has 0 bridgehead atoms. The summed E-state index contributed by atoms with van der Waals surface area (Å²) in [7, 11) is -3.22. The van der Waals surface area contributed by atoms with E-state index in [1.54, 1.807) is 11.3 Å². The standard InChI is InChI=1S/C19H25N3O2S2/c1-14-7-10-21(11-8-14)19-20-17(13-25-19)15-5-6-18-16(12-15)4-3-9-22(18)26(2,23)24/h5-6,12-14H,3-4,7-11H2,1-2H3. The van der Waals surface area contributed by atoms with Crippen molar-refractivity contribution in [3.05, 3.63) is 29.1 Å². The molecule has 2 aromatic rings. The maximum Gasteiger partial charge on any atom is 0.232 e. The average Bonchev–Trinajstić information content (AvgIpc) is 3.10. The van der Waals surface area contributed by atoms with Crippen molar-refractivity contribution in [3.63, 3.8) is 0 Å². The summed E-state index contributed by atoms with van der Waals surface area (Å²) < 4.78 is 25.6. The number of nitrogens with zero attached hydrogens (tertiary/aromatic N) is 3. The summed E-state index contributed by atoms with van der Waals surface area (Å²) in [5.41, 5.74) is 3.98. The Morgan fingerprint density at radius 2 is 1.96 bits per heavy atom. The van der Waals surface area contributed by atoms with E-state index in [0.29, 0.717) is 6.54 Å². The van der Waals surface area contributed by atoms with E-state index in [0.717, 1.165) is 59.5 Å². The van der Waals surface area contributed by atoms with Crippen molar-refractivity contribution < 1.29 is 8.42 Å². The molecule has 0 atom stereocenters. The summed E-state index contributed by atoms with van der Waals surface area (Å²) in [6.07, 6.45) is 5.51. The molecule has 0 radical (unpaired) electrons. The fourth-order valence-corrected chi connectivity index (χ4v) is 5.69. The van der Waals surface area contributed by atoms with Crippen molar-refractivity contribution in [2.75, 3.05) is 35.1 Å². The van der Waals surface area contributed by atoms with Crippen LogP contribution in [0.3, 0.4) is 0 Å². The summed E-state index contributed by atoms with van der Waals surface area (Å²) in [5, 5.41) is 3.22. The lowest BCUT2D eigenvalue weighted by atomic mass is 9.99. The molecule has 2 aliphatic rings. The zero-order chi connectivity index (χ0) is 18.3. The van der Waals surface area contributed by atoms with Crippen LogP contribution in [-0.4, -0.2) is 39.3 Å². The highest BCUT2D eigenvalue weighted by Crippen LogP contribution is 2.35. The van der Waals surface area contributed by atoms with Crippen molar-refractivity contribution >= 4 is 32.2 Å². The number of aromatic nitrogens is 1. The van der Waals surface area contributed by atoms with Gasteiger partial charge in [0.1, 0.15) is 0 Å². The highest BCUT2D eigenvalue weighted by atomic mass is 32.2. The fraction of sp³-hybridized carbons (Fsp3) is 0.526. The van der Waals surface area contributed by atoms with Gasteiger partial charge >= 0.3 is 0 Å². The van der Waals surface area contributed by atoms with E-state index in [-0.39, 0.29) is 0 Å². The van der Waals surface area contributed by atoms with E-state index in [4.69, 9.17) is 4.98 Å². The van der Waals surface area contributed by atoms with Crippen LogP contribution in [0.4, 0.5) is 10.8 Å². The minimum atomic E-state index is -3.22. The molecule has 1 aromatic carbocycles. The van der Waals surface area contributed by atoms with Gasteiger partial charge in [-0.05, 0) is 49.3 Å². The van der Waals surface area contributed by atoms with Gasteiger partial charge in [-0.1, -0.05) is 13.0 Å². The largest absolute Gasteiger partial charge is 0.348 e. The van der Waals surface area contributed by atoms with E-state index >= 15 is 0 Å². The molecule has 26 heavy (non-hydrogen) atoms. The topological polar surface area (TPSA) is 53.5 Å². The Labute approximate surface area is 159 Å². The lowest BCUT2D eigenvalue weighted by Crippen LogP contribution is -2.34. The first-order valence-corrected chi connectivity index (χ1v) is 12.0. The Balaban J connectivity index is 1.60. The Morgan fingerprint density at radius 1 is 1.19 bits per heavy atom. The molecule has 1 aromatic heterocycles. The van der Waals surface area contributed by atoms with Crippen molar-refractivity contribution in [1.29, 1.82) is 0 Å². The number of sulfonamides is 1. The van der Waals surface area contributed by atoms with E-state index in [1.165, 1.54) is 23.4 Å². The first-order chi connectivity index (χ1) is 12.4. The van der Waals surface area contributed by atoms with Crippen LogP contribution in [0.1, 0.15) is 31.7 Å². The zero-order valence-electron chi connectivity index (χ0n) is 15.3. The van der Waals surface area contributed by atoms with Gasteiger partial charge in [-0.25, -0.2) is 13.4 Å². The third-order valence-corrected chi connectivity index (χ3v) is 7.48. The normalized spacial score (nSPS) is 18.8. The molecule has 0 unspecified atom stereocenters. The molecular weight excluding hydrogens is 366 g/mol. The number of hydrogen-bond acceptors (Lipinski definition) is 5. The average molecular weight is 392 g/mol. The SMILES string of the molecule is CC1CCN(c2nc(-c3ccc4c(c3)CCCN4S(C)(=O)=O)cs2)CC1. The molecule has 140 valence electrons. The van der Waals surface area contributed by atoms with Crippen molar-refractivity contribution in [1.82, 2.24) is 4.98 Å². The van der Waals surface area contributed by atoms with Gasteiger partial charge in [-0.2, -0.15) is 0 Å². The number of thiazole rings is 1. The number of anilines is 2. The van der Waals surface area contributed by atoms with Crippen LogP contribution < -0.4 is 9.21 Å². The Morgan fingerprint density at radius 3 is 2.69 bits per heavy atom. The molecule has 4 rings (SSSR count). The van der Waals surface area contributed by atoms with Gasteiger partial charge < -0.3 is 4.90 Å². The third-order valence-electron chi connectivity index (χ3n) is 5.40. The highest BCUT2D eigenvalue weighted by molar-refractivity contribution is 7.92. The molecular formula is C19H25N3O2S2. The second-order valence-corrected chi connectivity index (χ2v) is 10.2. The molecule has 0 N–H and O–H groups in total. The first-order valence-electron chi connectivity index (χ1n) is 9.23. The number of piperidine rings is 1. The minimum absolute atomic E-state index is 0.569. The van der Waals surface area contributed by atoms with Crippen molar-refractivity contribution in [3.8, 4) is 11.3 Å². The van der Waals surface area contributed by atoms with E-state index in [1.807, 2.05) is 12.1 Å². The van der Waals surface area contributed by atoms with Crippen LogP contribution in [0.2, 0.25) is 0 Å². The quantitative estimate of drug-likeness (QED) is 0.799. The van der Waals surface area contributed by atoms with Crippen LogP contribution >= 0.6 is 11.3 Å². The van der Waals surface area contributed by atoms with Crippen LogP contribution in [0, 0.1) is 5.92 Å². The van der Waals surface area contributed by atoms with Crippen LogP contribution in [0.15, 0.2) is 23.6 Å². The predicted octanol–water partition coefficient (Wildman–Crippen LogP) is 3.76. The van der Waals surface area contributed by atoms with Gasteiger partial charge in [-0.15, -0.1) is 11.3 Å². The van der Waals surface area contributed by atoms with Gasteiger partial charge in [-0.3, -0.25) is 4.31 Å². The molecule has 0 saturated carbocycles. The zero-order valence-corrected chi connectivity index (χ0v) is 16.9. The summed E-state index contributed by atoms with van der Waals surface area (Å²) in [5.74, 6) is 0.809. The number of rotatable bonds is 3. The van der Waals surface area contributed by atoms with Crippen LogP contribution in [0.25, 0.3) is 11.3 Å². The van der Waals surface area contributed by atoms with E-state index < -0.39 is 10.0 Å². The molecule has 3 heterocycles. The summed E-state index contributed by atoms with van der Waals surface area (Å²) in [4.78, 5) is 7.25. The Hall–Kier alpha value is -1.60. The van der Waals surface area contributed by atoms with Crippen molar-refractivity contribution in [2.45, 2.75) is 32.6 Å². The van der Waals surface area contributed by atoms with Gasteiger partial charge in [0.25, 0.3) is 0 Å². The molecule has 0 aliphatic carbocycles. The molecule has 5 nitrogen and oxygen atoms in total. The smallest absolute Gasteiger partial charge is 0.232 e. The van der Waals surface area contributed by atoms with Crippen LogP contribution in [-0.2, 0) is 16.4 Å².